The van der Waals surface area contributed by atoms with Crippen molar-refractivity contribution in [3.8, 4) is 5.75 Å². The first-order valence-electron chi connectivity index (χ1n) is 13.3. The Balaban J connectivity index is 1.37. The van der Waals surface area contributed by atoms with Crippen molar-refractivity contribution in [1.29, 1.82) is 0 Å². The number of likely N-dealkylation sites (tertiary alicyclic amines) is 1. The number of amidine groups is 1. The van der Waals surface area contributed by atoms with Gasteiger partial charge < -0.3 is 25.6 Å². The first-order chi connectivity index (χ1) is 16.9. The Morgan fingerprint density at radius 2 is 1.97 bits per heavy atom. The molecule has 0 radical (unpaired) electrons. The van der Waals surface area contributed by atoms with Crippen LogP contribution in [0.1, 0.15) is 63.5 Å². The second-order valence-electron chi connectivity index (χ2n) is 11.1. The van der Waals surface area contributed by atoms with E-state index < -0.39 is 11.5 Å². The summed E-state index contributed by atoms with van der Waals surface area (Å²) in [5, 5.41) is 3.30. The molecule has 5 rings (SSSR count). The van der Waals surface area contributed by atoms with Crippen molar-refractivity contribution in [2.24, 2.45) is 22.6 Å². The quantitative estimate of drug-likeness (QED) is 0.673. The molecule has 1 aromatic rings. The van der Waals surface area contributed by atoms with Gasteiger partial charge in [0.15, 0.2) is 0 Å². The average molecular weight is 482 g/mol. The van der Waals surface area contributed by atoms with Gasteiger partial charge in [-0.2, -0.15) is 0 Å². The zero-order valence-electron chi connectivity index (χ0n) is 21.1. The Morgan fingerprint density at radius 1 is 1.23 bits per heavy atom. The number of aliphatic imine (C=N–C) groups is 1. The molecule has 35 heavy (non-hydrogen) atoms. The number of nitrogens with zero attached hydrogens (tertiary/aromatic N) is 3. The second kappa shape index (κ2) is 9.80. The number of rotatable bonds is 5. The molecule has 3 heterocycles. The highest BCUT2D eigenvalue weighted by molar-refractivity contribution is 5.95. The van der Waals surface area contributed by atoms with E-state index in [0.717, 1.165) is 67.8 Å². The Hall–Kier alpha value is -2.61. The van der Waals surface area contributed by atoms with Crippen molar-refractivity contribution < 1.29 is 14.3 Å². The molecular formula is C27H39N5O3. The maximum absolute atomic E-state index is 14.0. The minimum absolute atomic E-state index is 0.202. The number of primary amides is 1. The Morgan fingerprint density at radius 3 is 2.60 bits per heavy atom. The minimum atomic E-state index is -0.826. The molecule has 4 aliphatic rings. The van der Waals surface area contributed by atoms with Gasteiger partial charge in [0.05, 0.1) is 18.5 Å². The average Bonchev–Trinajstić information content (AvgIpc) is 3.36. The summed E-state index contributed by atoms with van der Waals surface area (Å²) in [6.45, 7) is 9.12. The molecule has 2 fully saturated rings. The summed E-state index contributed by atoms with van der Waals surface area (Å²) >= 11 is 0. The van der Waals surface area contributed by atoms with Gasteiger partial charge >= 0.3 is 6.09 Å². The van der Waals surface area contributed by atoms with E-state index in [4.69, 9.17) is 10.5 Å². The summed E-state index contributed by atoms with van der Waals surface area (Å²) in [6.07, 6.45) is 5.98. The maximum Gasteiger partial charge on any atom is 0.409 e. The number of nitrogens with one attached hydrogen (secondary N) is 1. The summed E-state index contributed by atoms with van der Waals surface area (Å²) in [5.41, 5.74) is 6.83. The third kappa shape index (κ3) is 4.77. The lowest BCUT2D eigenvalue weighted by Crippen LogP contribution is -2.58. The fourth-order valence-corrected chi connectivity index (χ4v) is 6.79. The van der Waals surface area contributed by atoms with E-state index in [1.54, 1.807) is 6.07 Å². The van der Waals surface area contributed by atoms with Crippen LogP contribution in [0.3, 0.4) is 0 Å². The number of nitrogens with two attached hydrogens (primary N) is 1. The third-order valence-electron chi connectivity index (χ3n) is 8.80. The lowest BCUT2D eigenvalue weighted by atomic mass is 9.67. The van der Waals surface area contributed by atoms with Gasteiger partial charge in [-0.05, 0) is 86.7 Å². The summed E-state index contributed by atoms with van der Waals surface area (Å²) in [4.78, 5) is 34.5. The third-order valence-corrected chi connectivity index (χ3v) is 8.80. The van der Waals surface area contributed by atoms with Crippen LogP contribution in [0.4, 0.5) is 4.79 Å². The largest absolute Gasteiger partial charge is 0.410 e. The van der Waals surface area contributed by atoms with Gasteiger partial charge in [-0.3, -0.25) is 9.79 Å². The van der Waals surface area contributed by atoms with Gasteiger partial charge in [-0.15, -0.1) is 0 Å². The first kappa shape index (κ1) is 24.1. The molecule has 0 unspecified atom stereocenters. The number of benzene rings is 1. The fourth-order valence-electron chi connectivity index (χ4n) is 6.79. The van der Waals surface area contributed by atoms with Crippen molar-refractivity contribution in [3.05, 3.63) is 29.3 Å². The molecule has 0 bridgehead atoms. The molecule has 1 saturated carbocycles. The standard InChI is InChI=1S/C27H39N5O3/c1-18(2)19-3-5-21(6-4-19)31-13-9-27(10-14-31)23-8-7-22(35-26(28)34)15-20(23)16-32(25(27)33)17-24-29-11-12-30-24/h7-8,15,18-19,21H,3-6,9-14,16-17H2,1-2H3,(H2,28,34)(H,29,30). The van der Waals surface area contributed by atoms with Crippen molar-refractivity contribution in [2.45, 2.75) is 70.4 Å². The number of carbonyl (C=O) groups is 2. The van der Waals surface area contributed by atoms with Crippen LogP contribution in [0.25, 0.3) is 0 Å². The molecule has 3 aliphatic heterocycles. The lowest BCUT2D eigenvalue weighted by molar-refractivity contribution is -0.141. The normalized spacial score (nSPS) is 26.4. The van der Waals surface area contributed by atoms with E-state index >= 15 is 0 Å². The second-order valence-corrected chi connectivity index (χ2v) is 11.1. The van der Waals surface area contributed by atoms with Gasteiger partial charge in [-0.1, -0.05) is 19.9 Å². The monoisotopic (exact) mass is 481 g/mol. The molecule has 1 aliphatic carbocycles. The fraction of sp³-hybridized carbons (Fsp3) is 0.667. The smallest absolute Gasteiger partial charge is 0.409 e. The molecular weight excluding hydrogens is 442 g/mol. The van der Waals surface area contributed by atoms with Crippen molar-refractivity contribution >= 4 is 17.8 Å². The molecule has 8 nitrogen and oxygen atoms in total. The van der Waals surface area contributed by atoms with Crippen molar-refractivity contribution in [3.63, 3.8) is 0 Å². The molecule has 0 aromatic heterocycles. The molecule has 190 valence electrons. The van der Waals surface area contributed by atoms with Crippen LogP contribution < -0.4 is 15.8 Å². The molecule has 1 aromatic carbocycles. The van der Waals surface area contributed by atoms with Crippen LogP contribution >= 0.6 is 0 Å². The highest BCUT2D eigenvalue weighted by atomic mass is 16.5. The van der Waals surface area contributed by atoms with Crippen LogP contribution in [0.5, 0.6) is 5.75 Å². The van der Waals surface area contributed by atoms with Crippen LogP contribution in [-0.4, -0.2) is 66.4 Å². The van der Waals surface area contributed by atoms with Crippen LogP contribution in [-0.2, 0) is 16.8 Å². The molecule has 2 amide bonds. The number of ether oxygens (including phenoxy) is 1. The highest BCUT2D eigenvalue weighted by Crippen LogP contribution is 2.45. The summed E-state index contributed by atoms with van der Waals surface area (Å²) in [6, 6.07) is 6.28. The number of piperidine rings is 1. The van der Waals surface area contributed by atoms with Gasteiger partial charge in [-0.25, -0.2) is 4.79 Å². The van der Waals surface area contributed by atoms with E-state index in [1.165, 1.54) is 25.7 Å². The number of fused-ring (bicyclic) bond motifs is 2. The zero-order chi connectivity index (χ0) is 24.6. The minimum Gasteiger partial charge on any atom is -0.410 e. The number of carbonyl (C=O) groups excluding carboxylic acids is 2. The highest BCUT2D eigenvalue weighted by Gasteiger charge is 2.50. The van der Waals surface area contributed by atoms with E-state index in [9.17, 15) is 9.59 Å². The van der Waals surface area contributed by atoms with Crippen molar-refractivity contribution in [1.82, 2.24) is 15.1 Å². The summed E-state index contributed by atoms with van der Waals surface area (Å²) in [5.74, 6) is 3.13. The number of amides is 2. The van der Waals surface area contributed by atoms with Crippen LogP contribution in [0.2, 0.25) is 0 Å². The Labute approximate surface area is 208 Å². The Kier molecular flexibility index (Phi) is 6.75. The van der Waals surface area contributed by atoms with Gasteiger partial charge in [0.1, 0.15) is 11.6 Å². The van der Waals surface area contributed by atoms with Gasteiger partial charge in [0, 0.05) is 19.1 Å². The van der Waals surface area contributed by atoms with E-state index in [-0.39, 0.29) is 5.91 Å². The van der Waals surface area contributed by atoms with E-state index in [2.05, 4.69) is 29.1 Å². The van der Waals surface area contributed by atoms with Crippen molar-refractivity contribution in [2.75, 3.05) is 32.7 Å². The molecule has 3 N–H and O–H groups in total. The van der Waals surface area contributed by atoms with E-state index in [0.29, 0.717) is 24.9 Å². The van der Waals surface area contributed by atoms with Crippen LogP contribution in [0.15, 0.2) is 23.2 Å². The molecule has 8 heteroatoms. The maximum atomic E-state index is 14.0. The Bertz CT molecular complexity index is 991. The number of hydrogen-bond acceptors (Lipinski definition) is 6. The van der Waals surface area contributed by atoms with Gasteiger partial charge in [0.25, 0.3) is 0 Å². The molecule has 0 atom stereocenters. The lowest BCUT2D eigenvalue weighted by Gasteiger charge is -2.49. The molecule has 1 spiro atoms. The topological polar surface area (TPSA) is 100 Å². The number of hydrogen-bond donors (Lipinski definition) is 2. The summed E-state index contributed by atoms with van der Waals surface area (Å²) in [7, 11) is 0. The predicted octanol–water partition coefficient (Wildman–Crippen LogP) is 3.04. The van der Waals surface area contributed by atoms with Gasteiger partial charge in [0.2, 0.25) is 5.91 Å². The predicted molar refractivity (Wildman–Crippen MR) is 135 cm³/mol. The zero-order valence-corrected chi connectivity index (χ0v) is 21.1. The van der Waals surface area contributed by atoms with E-state index in [1.807, 2.05) is 17.0 Å². The first-order valence-corrected chi connectivity index (χ1v) is 13.3. The molecule has 1 saturated heterocycles. The summed E-state index contributed by atoms with van der Waals surface area (Å²) < 4.78 is 5.16. The SMILES string of the molecule is CC(C)C1CCC(N2CCC3(CC2)C(=O)N(CC2=NCCN2)Cc2cc(OC(N)=O)ccc23)CC1. The van der Waals surface area contributed by atoms with Crippen LogP contribution in [0, 0.1) is 11.8 Å².